The first-order valence-electron chi connectivity index (χ1n) is 12.5. The predicted molar refractivity (Wildman–Crippen MR) is 153 cm³/mol. The molecule has 0 fully saturated rings. The first-order chi connectivity index (χ1) is 17.8. The quantitative estimate of drug-likeness (QED) is 0.242. The largest absolute Gasteiger partial charge is 0.484 e. The van der Waals surface area contributed by atoms with Crippen LogP contribution in [0.25, 0.3) is 0 Å². The van der Waals surface area contributed by atoms with E-state index in [2.05, 4.69) is 28.2 Å². The van der Waals surface area contributed by atoms with Crippen molar-refractivity contribution in [2.45, 2.75) is 52.6 Å². The van der Waals surface area contributed by atoms with E-state index in [1.165, 1.54) is 0 Å². The molecule has 0 unspecified atom stereocenters. The molecule has 3 aromatic rings. The monoisotopic (exact) mass is 584 g/mol. The SMILES string of the molecule is CCCCNC(=O)[C@@H](Cc1ccccc1)N(Cc1cccc(Cl)c1)C(=O)COc1cc(C)c(Br)c(C)c1. The Morgan fingerprint density at radius 2 is 1.68 bits per heavy atom. The van der Waals surface area contributed by atoms with Crippen molar-refractivity contribution in [3.8, 4) is 5.75 Å². The number of carbonyl (C=O) groups is 2. The van der Waals surface area contributed by atoms with Crippen LogP contribution in [0.2, 0.25) is 5.02 Å². The van der Waals surface area contributed by atoms with E-state index < -0.39 is 6.04 Å². The number of rotatable bonds is 12. The molecule has 1 N–H and O–H groups in total. The van der Waals surface area contributed by atoms with Gasteiger partial charge in [0.2, 0.25) is 5.91 Å². The molecule has 7 heteroatoms. The number of benzene rings is 3. The molecule has 3 rings (SSSR count). The fraction of sp³-hybridized carbons (Fsp3) is 0.333. The van der Waals surface area contributed by atoms with Gasteiger partial charge in [0.1, 0.15) is 11.8 Å². The van der Waals surface area contributed by atoms with Gasteiger partial charge in [0.15, 0.2) is 6.61 Å². The molecule has 196 valence electrons. The van der Waals surface area contributed by atoms with Crippen LogP contribution in [-0.4, -0.2) is 35.9 Å². The summed E-state index contributed by atoms with van der Waals surface area (Å²) in [5.74, 6) is 0.161. The van der Waals surface area contributed by atoms with Crippen molar-refractivity contribution < 1.29 is 14.3 Å². The maximum atomic E-state index is 13.7. The van der Waals surface area contributed by atoms with Gasteiger partial charge in [0.25, 0.3) is 5.91 Å². The molecule has 0 saturated heterocycles. The van der Waals surface area contributed by atoms with Crippen LogP contribution in [0, 0.1) is 13.8 Å². The third-order valence-corrected chi connectivity index (χ3v) is 7.60. The van der Waals surface area contributed by atoms with E-state index in [1.54, 1.807) is 11.0 Å². The summed E-state index contributed by atoms with van der Waals surface area (Å²) >= 11 is 9.80. The minimum absolute atomic E-state index is 0.178. The van der Waals surface area contributed by atoms with Crippen LogP contribution in [0.3, 0.4) is 0 Å². The van der Waals surface area contributed by atoms with Crippen molar-refractivity contribution in [2.75, 3.05) is 13.2 Å². The Kier molecular flexibility index (Phi) is 11.0. The number of hydrogen-bond donors (Lipinski definition) is 1. The van der Waals surface area contributed by atoms with Crippen molar-refractivity contribution in [1.82, 2.24) is 10.2 Å². The second-order valence-electron chi connectivity index (χ2n) is 9.16. The van der Waals surface area contributed by atoms with E-state index in [1.807, 2.05) is 74.5 Å². The standard InChI is InChI=1S/C30H34BrClN2O3/c1-4-5-14-33-30(36)27(18-23-10-7-6-8-11-23)34(19-24-12-9-13-25(32)17-24)28(35)20-37-26-15-21(2)29(31)22(3)16-26/h6-13,15-17,27H,4-5,14,18-20H2,1-3H3,(H,33,36)/t27-/m1/s1. The van der Waals surface area contributed by atoms with E-state index in [-0.39, 0.29) is 25.0 Å². The highest BCUT2D eigenvalue weighted by Gasteiger charge is 2.30. The average Bonchev–Trinajstić information content (AvgIpc) is 2.88. The normalized spacial score (nSPS) is 11.6. The third kappa shape index (κ3) is 8.61. The number of carbonyl (C=O) groups excluding carboxylic acids is 2. The maximum absolute atomic E-state index is 13.7. The van der Waals surface area contributed by atoms with Crippen molar-refractivity contribution in [1.29, 1.82) is 0 Å². The Morgan fingerprint density at radius 1 is 1.00 bits per heavy atom. The number of aryl methyl sites for hydroxylation is 2. The second kappa shape index (κ2) is 14.2. The van der Waals surface area contributed by atoms with Crippen LogP contribution in [0.15, 0.2) is 71.2 Å². The topological polar surface area (TPSA) is 58.6 Å². The molecule has 0 aliphatic rings. The molecule has 0 bridgehead atoms. The number of hydrogen-bond acceptors (Lipinski definition) is 3. The molecule has 3 aromatic carbocycles. The van der Waals surface area contributed by atoms with Gasteiger partial charge in [-0.3, -0.25) is 9.59 Å². The molecule has 0 aromatic heterocycles. The van der Waals surface area contributed by atoms with Crippen LogP contribution in [0.1, 0.15) is 42.0 Å². The van der Waals surface area contributed by atoms with Crippen molar-refractivity contribution in [3.05, 3.63) is 98.5 Å². The molecule has 0 spiro atoms. The zero-order valence-corrected chi connectivity index (χ0v) is 23.9. The fourth-order valence-corrected chi connectivity index (χ4v) is 4.55. The Bertz CT molecular complexity index is 1180. The molecule has 2 amide bonds. The summed E-state index contributed by atoms with van der Waals surface area (Å²) in [7, 11) is 0. The number of unbranched alkanes of at least 4 members (excludes halogenated alkanes) is 1. The van der Waals surface area contributed by atoms with Gasteiger partial charge in [-0.1, -0.05) is 83.3 Å². The van der Waals surface area contributed by atoms with E-state index >= 15 is 0 Å². The van der Waals surface area contributed by atoms with Gasteiger partial charge in [-0.25, -0.2) is 0 Å². The van der Waals surface area contributed by atoms with Crippen LogP contribution in [0.4, 0.5) is 0 Å². The van der Waals surface area contributed by atoms with Gasteiger partial charge in [-0.05, 0) is 66.8 Å². The van der Waals surface area contributed by atoms with Crippen LogP contribution in [-0.2, 0) is 22.6 Å². The summed E-state index contributed by atoms with van der Waals surface area (Å²) in [4.78, 5) is 28.7. The van der Waals surface area contributed by atoms with E-state index in [4.69, 9.17) is 16.3 Å². The highest BCUT2D eigenvalue weighted by molar-refractivity contribution is 9.10. The van der Waals surface area contributed by atoms with Crippen molar-refractivity contribution in [3.63, 3.8) is 0 Å². The number of nitrogens with one attached hydrogen (secondary N) is 1. The average molecular weight is 586 g/mol. The molecule has 0 saturated carbocycles. The first kappa shape index (κ1) is 28.7. The summed E-state index contributed by atoms with van der Waals surface area (Å²) < 4.78 is 6.95. The third-order valence-electron chi connectivity index (χ3n) is 6.11. The molecule has 5 nitrogen and oxygen atoms in total. The van der Waals surface area contributed by atoms with Crippen LogP contribution < -0.4 is 10.1 Å². The van der Waals surface area contributed by atoms with Crippen molar-refractivity contribution >= 4 is 39.3 Å². The summed E-state index contributed by atoms with van der Waals surface area (Å²) in [6.45, 7) is 6.65. The molecule has 1 atom stereocenters. The number of halogens is 2. The molecule has 0 aliphatic heterocycles. The summed E-state index contributed by atoms with van der Waals surface area (Å²) in [6.07, 6.45) is 2.23. The Balaban J connectivity index is 1.90. The van der Waals surface area contributed by atoms with E-state index in [0.717, 1.165) is 39.6 Å². The molecule has 0 aliphatic carbocycles. The smallest absolute Gasteiger partial charge is 0.261 e. The zero-order valence-electron chi connectivity index (χ0n) is 21.6. The van der Waals surface area contributed by atoms with Gasteiger partial charge in [-0.2, -0.15) is 0 Å². The lowest BCUT2D eigenvalue weighted by molar-refractivity contribution is -0.142. The van der Waals surface area contributed by atoms with Crippen LogP contribution >= 0.6 is 27.5 Å². The molecule has 0 radical (unpaired) electrons. The zero-order chi connectivity index (χ0) is 26.8. The van der Waals surface area contributed by atoms with Gasteiger partial charge < -0.3 is 15.0 Å². The minimum atomic E-state index is -0.706. The molecule has 0 heterocycles. The van der Waals surface area contributed by atoms with Gasteiger partial charge in [0, 0.05) is 29.0 Å². The fourth-order valence-electron chi connectivity index (χ4n) is 4.11. The van der Waals surface area contributed by atoms with Crippen LogP contribution in [0.5, 0.6) is 5.75 Å². The van der Waals surface area contributed by atoms with Gasteiger partial charge in [0.05, 0.1) is 0 Å². The Labute approximate surface area is 233 Å². The molecular formula is C30H34BrClN2O3. The van der Waals surface area contributed by atoms with E-state index in [0.29, 0.717) is 23.7 Å². The first-order valence-corrected chi connectivity index (χ1v) is 13.7. The lowest BCUT2D eigenvalue weighted by Crippen LogP contribution is -2.51. The molecular weight excluding hydrogens is 552 g/mol. The number of nitrogens with zero attached hydrogens (tertiary/aromatic N) is 1. The lowest BCUT2D eigenvalue weighted by atomic mass is 10.0. The Morgan fingerprint density at radius 3 is 2.32 bits per heavy atom. The maximum Gasteiger partial charge on any atom is 0.261 e. The highest BCUT2D eigenvalue weighted by atomic mass is 79.9. The summed E-state index contributed by atoms with van der Waals surface area (Å²) in [5, 5.41) is 3.60. The predicted octanol–water partition coefficient (Wildman–Crippen LogP) is 6.65. The van der Waals surface area contributed by atoms with Gasteiger partial charge >= 0.3 is 0 Å². The number of ether oxygens (including phenoxy) is 1. The van der Waals surface area contributed by atoms with Gasteiger partial charge in [-0.15, -0.1) is 0 Å². The number of amides is 2. The molecule has 37 heavy (non-hydrogen) atoms. The van der Waals surface area contributed by atoms with E-state index in [9.17, 15) is 9.59 Å². The summed E-state index contributed by atoms with van der Waals surface area (Å²) in [5.41, 5.74) is 3.86. The van der Waals surface area contributed by atoms with Crippen molar-refractivity contribution in [2.24, 2.45) is 0 Å². The minimum Gasteiger partial charge on any atom is -0.484 e. The Hall–Kier alpha value is -2.83. The highest BCUT2D eigenvalue weighted by Crippen LogP contribution is 2.26. The lowest BCUT2D eigenvalue weighted by Gasteiger charge is -2.31. The second-order valence-corrected chi connectivity index (χ2v) is 10.4. The summed E-state index contributed by atoms with van der Waals surface area (Å²) in [6, 6.07) is 20.2.